The quantitative estimate of drug-likeness (QED) is 0.785. The Hall–Kier alpha value is -1.06. The summed E-state index contributed by atoms with van der Waals surface area (Å²) in [5.41, 5.74) is 1.03. The summed E-state index contributed by atoms with van der Waals surface area (Å²) < 4.78 is 5.33. The van der Waals surface area contributed by atoms with E-state index in [1.54, 1.807) is 0 Å². The Balaban J connectivity index is 1.57. The largest absolute Gasteiger partial charge is 0.381 e. The molecule has 110 valence electrons. The third-order valence-electron chi connectivity index (χ3n) is 3.71. The van der Waals surface area contributed by atoms with E-state index in [0.29, 0.717) is 18.8 Å². The monoisotopic (exact) mass is 295 g/mol. The molecule has 0 radical (unpaired) electrons. The number of halogens is 1. The Kier molecular flexibility index (Phi) is 6.34. The van der Waals surface area contributed by atoms with Crippen molar-refractivity contribution in [3.63, 3.8) is 0 Å². The standard InChI is InChI=1S/C16H22ClNO2/c17-15-6-2-1-5-14(15)7-8-16(19)18-10-3-4-13-9-11-20-12-13/h1-2,5-6,13H,3-4,7-12H2,(H,18,19). The Morgan fingerprint density at radius 2 is 2.25 bits per heavy atom. The van der Waals surface area contributed by atoms with Crippen LogP contribution in [0.3, 0.4) is 0 Å². The molecule has 4 heteroatoms. The molecule has 1 aliphatic heterocycles. The first-order chi connectivity index (χ1) is 9.75. The fourth-order valence-electron chi connectivity index (χ4n) is 2.47. The first-order valence-corrected chi connectivity index (χ1v) is 7.71. The highest BCUT2D eigenvalue weighted by atomic mass is 35.5. The van der Waals surface area contributed by atoms with Gasteiger partial charge in [-0.25, -0.2) is 0 Å². The van der Waals surface area contributed by atoms with E-state index in [1.165, 1.54) is 6.42 Å². The molecule has 1 amide bonds. The zero-order valence-corrected chi connectivity index (χ0v) is 12.5. The molecule has 1 heterocycles. The van der Waals surface area contributed by atoms with Gasteiger partial charge in [0.2, 0.25) is 5.91 Å². The van der Waals surface area contributed by atoms with E-state index in [4.69, 9.17) is 16.3 Å². The van der Waals surface area contributed by atoms with Crippen LogP contribution < -0.4 is 5.32 Å². The molecule has 1 unspecified atom stereocenters. The number of ether oxygens (including phenoxy) is 1. The van der Waals surface area contributed by atoms with Crippen molar-refractivity contribution < 1.29 is 9.53 Å². The fraction of sp³-hybridized carbons (Fsp3) is 0.562. The van der Waals surface area contributed by atoms with Crippen LogP contribution in [0, 0.1) is 5.92 Å². The second-order valence-electron chi connectivity index (χ2n) is 5.31. The molecule has 20 heavy (non-hydrogen) atoms. The number of nitrogens with one attached hydrogen (secondary N) is 1. The van der Waals surface area contributed by atoms with Crippen LogP contribution >= 0.6 is 11.6 Å². The number of rotatable bonds is 7. The minimum atomic E-state index is 0.104. The predicted molar refractivity (Wildman–Crippen MR) is 80.9 cm³/mol. The molecule has 1 aromatic carbocycles. The zero-order chi connectivity index (χ0) is 14.2. The Bertz CT molecular complexity index is 430. The second-order valence-corrected chi connectivity index (χ2v) is 5.72. The summed E-state index contributed by atoms with van der Waals surface area (Å²) in [7, 11) is 0. The Labute approximate surface area is 125 Å². The lowest BCUT2D eigenvalue weighted by Gasteiger charge is -2.08. The van der Waals surface area contributed by atoms with E-state index < -0.39 is 0 Å². The smallest absolute Gasteiger partial charge is 0.220 e. The van der Waals surface area contributed by atoms with E-state index >= 15 is 0 Å². The topological polar surface area (TPSA) is 38.3 Å². The van der Waals surface area contributed by atoms with Gasteiger partial charge >= 0.3 is 0 Å². The van der Waals surface area contributed by atoms with Gasteiger partial charge in [-0.2, -0.15) is 0 Å². The lowest BCUT2D eigenvalue weighted by molar-refractivity contribution is -0.121. The van der Waals surface area contributed by atoms with Gasteiger partial charge in [0.05, 0.1) is 0 Å². The van der Waals surface area contributed by atoms with Crippen LogP contribution in [0.2, 0.25) is 5.02 Å². The van der Waals surface area contributed by atoms with Gasteiger partial charge in [-0.3, -0.25) is 4.79 Å². The second kappa shape index (κ2) is 8.28. The average Bonchev–Trinajstić information content (AvgIpc) is 2.96. The normalized spacial score (nSPS) is 18.1. The summed E-state index contributed by atoms with van der Waals surface area (Å²) in [5.74, 6) is 0.794. The Morgan fingerprint density at radius 3 is 3.00 bits per heavy atom. The molecule has 0 spiro atoms. The van der Waals surface area contributed by atoms with Crippen LogP contribution in [-0.2, 0) is 16.0 Å². The number of carbonyl (C=O) groups is 1. The number of aryl methyl sites for hydroxylation is 1. The van der Waals surface area contributed by atoms with Crippen molar-refractivity contribution in [2.75, 3.05) is 19.8 Å². The van der Waals surface area contributed by atoms with Crippen LogP contribution in [0.1, 0.15) is 31.2 Å². The first-order valence-electron chi connectivity index (χ1n) is 7.33. The molecular weight excluding hydrogens is 274 g/mol. The lowest BCUT2D eigenvalue weighted by Crippen LogP contribution is -2.25. The minimum Gasteiger partial charge on any atom is -0.381 e. The van der Waals surface area contributed by atoms with E-state index in [2.05, 4.69) is 5.32 Å². The summed E-state index contributed by atoms with van der Waals surface area (Å²) in [4.78, 5) is 11.7. The number of hydrogen-bond acceptors (Lipinski definition) is 2. The Morgan fingerprint density at radius 1 is 1.40 bits per heavy atom. The minimum absolute atomic E-state index is 0.104. The number of benzene rings is 1. The van der Waals surface area contributed by atoms with Crippen LogP contribution in [0.15, 0.2) is 24.3 Å². The van der Waals surface area contributed by atoms with Crippen molar-refractivity contribution in [1.82, 2.24) is 5.32 Å². The molecule has 1 fully saturated rings. The molecule has 0 saturated carbocycles. The van der Waals surface area contributed by atoms with Gasteiger partial charge in [0.25, 0.3) is 0 Å². The maximum absolute atomic E-state index is 11.7. The molecule has 3 nitrogen and oxygen atoms in total. The van der Waals surface area contributed by atoms with Gasteiger partial charge in [0.15, 0.2) is 0 Å². The molecule has 0 aliphatic carbocycles. The zero-order valence-electron chi connectivity index (χ0n) is 11.7. The maximum atomic E-state index is 11.7. The highest BCUT2D eigenvalue weighted by molar-refractivity contribution is 6.31. The average molecular weight is 296 g/mol. The molecule has 1 N–H and O–H groups in total. The summed E-state index contributed by atoms with van der Waals surface area (Å²) in [6, 6.07) is 7.68. The molecule has 0 aromatic heterocycles. The molecule has 1 aromatic rings. The number of hydrogen-bond donors (Lipinski definition) is 1. The van der Waals surface area contributed by atoms with E-state index in [0.717, 1.165) is 43.2 Å². The highest BCUT2D eigenvalue weighted by Gasteiger charge is 2.14. The van der Waals surface area contributed by atoms with Crippen molar-refractivity contribution in [2.24, 2.45) is 5.92 Å². The van der Waals surface area contributed by atoms with Crippen LogP contribution in [0.4, 0.5) is 0 Å². The third kappa shape index (κ3) is 5.14. The SMILES string of the molecule is O=C(CCc1ccccc1Cl)NCCCC1CCOC1. The summed E-state index contributed by atoms with van der Waals surface area (Å²) in [6.07, 6.45) is 4.54. The molecule has 1 aliphatic rings. The molecular formula is C16H22ClNO2. The van der Waals surface area contributed by atoms with Crippen molar-refractivity contribution in [1.29, 1.82) is 0 Å². The molecule has 1 saturated heterocycles. The lowest BCUT2D eigenvalue weighted by atomic mass is 10.0. The van der Waals surface area contributed by atoms with Gasteiger partial charge in [-0.05, 0) is 43.2 Å². The van der Waals surface area contributed by atoms with Crippen LogP contribution in [0.5, 0.6) is 0 Å². The van der Waals surface area contributed by atoms with E-state index in [-0.39, 0.29) is 5.91 Å². The number of amides is 1. The maximum Gasteiger partial charge on any atom is 0.220 e. The van der Waals surface area contributed by atoms with Gasteiger partial charge in [0, 0.05) is 31.2 Å². The predicted octanol–water partition coefficient (Wildman–Crippen LogP) is 3.21. The van der Waals surface area contributed by atoms with E-state index in [1.807, 2.05) is 24.3 Å². The molecule has 0 bridgehead atoms. The fourth-order valence-corrected chi connectivity index (χ4v) is 2.70. The van der Waals surface area contributed by atoms with E-state index in [9.17, 15) is 4.79 Å². The van der Waals surface area contributed by atoms with Crippen LogP contribution in [-0.4, -0.2) is 25.7 Å². The van der Waals surface area contributed by atoms with Crippen molar-refractivity contribution in [2.45, 2.75) is 32.1 Å². The molecule has 1 atom stereocenters. The first kappa shape index (κ1) is 15.3. The van der Waals surface area contributed by atoms with Crippen LogP contribution in [0.25, 0.3) is 0 Å². The highest BCUT2D eigenvalue weighted by Crippen LogP contribution is 2.18. The number of carbonyl (C=O) groups excluding carboxylic acids is 1. The molecule has 2 rings (SSSR count). The van der Waals surface area contributed by atoms with Crippen molar-refractivity contribution in [3.8, 4) is 0 Å². The summed E-state index contributed by atoms with van der Waals surface area (Å²) in [6.45, 7) is 2.55. The van der Waals surface area contributed by atoms with Gasteiger partial charge < -0.3 is 10.1 Å². The van der Waals surface area contributed by atoms with Gasteiger partial charge in [0.1, 0.15) is 0 Å². The van der Waals surface area contributed by atoms with Crippen molar-refractivity contribution >= 4 is 17.5 Å². The van der Waals surface area contributed by atoms with Crippen molar-refractivity contribution in [3.05, 3.63) is 34.9 Å². The summed E-state index contributed by atoms with van der Waals surface area (Å²) in [5, 5.41) is 3.71. The third-order valence-corrected chi connectivity index (χ3v) is 4.08. The van der Waals surface area contributed by atoms with Gasteiger partial charge in [-0.15, -0.1) is 0 Å². The summed E-state index contributed by atoms with van der Waals surface area (Å²) >= 11 is 6.06. The van der Waals surface area contributed by atoms with Gasteiger partial charge in [-0.1, -0.05) is 29.8 Å².